The first-order valence-electron chi connectivity index (χ1n) is 4.14. The molecule has 4 nitrogen and oxygen atoms in total. The second-order valence-electron chi connectivity index (χ2n) is 3.00. The van der Waals surface area contributed by atoms with Gasteiger partial charge in [-0.3, -0.25) is 0 Å². The minimum Gasteiger partial charge on any atom is -0.383 e. The summed E-state index contributed by atoms with van der Waals surface area (Å²) < 4.78 is 0. The first-order chi connectivity index (χ1) is 6.74. The third kappa shape index (κ3) is 1.07. The molecule has 0 radical (unpaired) electrons. The predicted octanol–water partition coefficient (Wildman–Crippen LogP) is 1.39. The second kappa shape index (κ2) is 2.96. The SMILES string of the molecule is Cc1c(C#N)ccc2ncnc(N)c12. The Labute approximate surface area is 81.0 Å². The Bertz CT molecular complexity index is 540. The van der Waals surface area contributed by atoms with Crippen LogP contribution in [-0.2, 0) is 0 Å². The fraction of sp³-hybridized carbons (Fsp3) is 0.100. The third-order valence-corrected chi connectivity index (χ3v) is 2.21. The van der Waals surface area contributed by atoms with Crippen LogP contribution in [0.15, 0.2) is 18.5 Å². The fourth-order valence-electron chi connectivity index (χ4n) is 1.47. The Morgan fingerprint density at radius 2 is 2.14 bits per heavy atom. The summed E-state index contributed by atoms with van der Waals surface area (Å²) in [5, 5.41) is 9.61. The number of aromatic nitrogens is 2. The number of fused-ring (bicyclic) bond motifs is 1. The van der Waals surface area contributed by atoms with Crippen molar-refractivity contribution >= 4 is 16.7 Å². The van der Waals surface area contributed by atoms with Crippen LogP contribution in [0.25, 0.3) is 10.9 Å². The molecule has 2 N–H and O–H groups in total. The van der Waals surface area contributed by atoms with E-state index in [0.29, 0.717) is 11.4 Å². The summed E-state index contributed by atoms with van der Waals surface area (Å²) >= 11 is 0. The van der Waals surface area contributed by atoms with Gasteiger partial charge in [-0.05, 0) is 24.6 Å². The van der Waals surface area contributed by atoms with Crippen LogP contribution >= 0.6 is 0 Å². The number of aryl methyl sites for hydroxylation is 1. The van der Waals surface area contributed by atoms with Gasteiger partial charge < -0.3 is 5.73 Å². The van der Waals surface area contributed by atoms with Crippen LogP contribution in [-0.4, -0.2) is 9.97 Å². The number of anilines is 1. The molecule has 0 aliphatic rings. The monoisotopic (exact) mass is 184 g/mol. The molecule has 0 fully saturated rings. The van der Waals surface area contributed by atoms with Crippen molar-refractivity contribution < 1.29 is 0 Å². The van der Waals surface area contributed by atoms with Gasteiger partial charge in [-0.1, -0.05) is 0 Å². The van der Waals surface area contributed by atoms with E-state index in [1.807, 2.05) is 6.92 Å². The molecule has 0 aliphatic heterocycles. The van der Waals surface area contributed by atoms with Gasteiger partial charge in [0, 0.05) is 5.39 Å². The molecule has 1 heterocycles. The topological polar surface area (TPSA) is 75.6 Å². The lowest BCUT2D eigenvalue weighted by atomic mass is 10.0. The Balaban J connectivity index is 2.95. The Hall–Kier alpha value is -2.15. The molecule has 1 aromatic heterocycles. The van der Waals surface area contributed by atoms with Gasteiger partial charge in [-0.25, -0.2) is 9.97 Å². The zero-order valence-corrected chi connectivity index (χ0v) is 7.65. The highest BCUT2D eigenvalue weighted by molar-refractivity contribution is 5.92. The van der Waals surface area contributed by atoms with E-state index < -0.39 is 0 Å². The summed E-state index contributed by atoms with van der Waals surface area (Å²) in [6, 6.07) is 5.62. The van der Waals surface area contributed by atoms with Crippen LogP contribution in [0, 0.1) is 18.3 Å². The molecular weight excluding hydrogens is 176 g/mol. The lowest BCUT2D eigenvalue weighted by Crippen LogP contribution is -1.96. The van der Waals surface area contributed by atoms with Gasteiger partial charge >= 0.3 is 0 Å². The van der Waals surface area contributed by atoms with Crippen molar-refractivity contribution in [3.63, 3.8) is 0 Å². The normalized spacial score (nSPS) is 10.0. The van der Waals surface area contributed by atoms with Crippen LogP contribution in [0.5, 0.6) is 0 Å². The molecule has 0 atom stereocenters. The summed E-state index contributed by atoms with van der Waals surface area (Å²) in [4.78, 5) is 7.98. The molecular formula is C10H8N4. The lowest BCUT2D eigenvalue weighted by molar-refractivity contribution is 1.22. The van der Waals surface area contributed by atoms with Gasteiger partial charge in [0.15, 0.2) is 0 Å². The van der Waals surface area contributed by atoms with Gasteiger partial charge in [0.25, 0.3) is 0 Å². The van der Waals surface area contributed by atoms with Crippen molar-refractivity contribution in [2.45, 2.75) is 6.92 Å². The van der Waals surface area contributed by atoms with Gasteiger partial charge in [-0.15, -0.1) is 0 Å². The van der Waals surface area contributed by atoms with Crippen molar-refractivity contribution in [1.29, 1.82) is 5.26 Å². The highest BCUT2D eigenvalue weighted by Gasteiger charge is 2.06. The van der Waals surface area contributed by atoms with Crippen molar-refractivity contribution in [2.75, 3.05) is 5.73 Å². The summed E-state index contributed by atoms with van der Waals surface area (Å²) in [5.74, 6) is 0.421. The highest BCUT2D eigenvalue weighted by atomic mass is 14.9. The molecule has 68 valence electrons. The number of rotatable bonds is 0. The molecule has 14 heavy (non-hydrogen) atoms. The summed E-state index contributed by atoms with van der Waals surface area (Å²) in [6.07, 6.45) is 1.42. The molecule has 2 rings (SSSR count). The molecule has 0 aliphatic carbocycles. The molecule has 0 unspecified atom stereocenters. The van der Waals surface area contributed by atoms with Crippen molar-refractivity contribution in [2.24, 2.45) is 0 Å². The number of nitrogens with zero attached hydrogens (tertiary/aromatic N) is 3. The predicted molar refractivity (Wildman–Crippen MR) is 53.4 cm³/mol. The number of nitrogen functional groups attached to an aromatic ring is 1. The van der Waals surface area contributed by atoms with E-state index in [0.717, 1.165) is 16.5 Å². The highest BCUT2D eigenvalue weighted by Crippen LogP contribution is 2.23. The van der Waals surface area contributed by atoms with Crippen molar-refractivity contribution in [3.8, 4) is 6.07 Å². The van der Waals surface area contributed by atoms with Crippen LogP contribution in [0.1, 0.15) is 11.1 Å². The van der Waals surface area contributed by atoms with Crippen LogP contribution in [0.4, 0.5) is 5.82 Å². The standard InChI is InChI=1S/C10H8N4/c1-6-7(4-11)2-3-8-9(6)10(12)14-5-13-8/h2-3,5H,1H3,(H2,12,13,14). The van der Waals surface area contributed by atoms with Crippen molar-refractivity contribution in [1.82, 2.24) is 9.97 Å². The van der Waals surface area contributed by atoms with E-state index in [1.54, 1.807) is 12.1 Å². The summed E-state index contributed by atoms with van der Waals surface area (Å²) in [5.41, 5.74) is 7.94. The molecule has 0 amide bonds. The summed E-state index contributed by atoms with van der Waals surface area (Å²) in [7, 11) is 0. The van der Waals surface area contributed by atoms with Gasteiger partial charge in [0.2, 0.25) is 0 Å². The lowest BCUT2D eigenvalue weighted by Gasteiger charge is -2.04. The average Bonchev–Trinajstić information content (AvgIpc) is 2.18. The minimum atomic E-state index is 0.421. The molecule has 0 bridgehead atoms. The van der Waals surface area contributed by atoms with E-state index in [4.69, 9.17) is 11.0 Å². The van der Waals surface area contributed by atoms with E-state index >= 15 is 0 Å². The molecule has 0 spiro atoms. The van der Waals surface area contributed by atoms with E-state index in [9.17, 15) is 0 Å². The number of benzene rings is 1. The molecule has 0 saturated carbocycles. The molecule has 1 aromatic carbocycles. The fourth-order valence-corrected chi connectivity index (χ4v) is 1.47. The maximum Gasteiger partial charge on any atom is 0.135 e. The smallest absolute Gasteiger partial charge is 0.135 e. The minimum absolute atomic E-state index is 0.421. The van der Waals surface area contributed by atoms with Crippen LogP contribution < -0.4 is 5.73 Å². The van der Waals surface area contributed by atoms with E-state index in [-0.39, 0.29) is 0 Å². The number of nitriles is 1. The zero-order valence-electron chi connectivity index (χ0n) is 7.65. The first kappa shape index (κ1) is 8.45. The number of nitrogens with two attached hydrogens (primary N) is 1. The Morgan fingerprint density at radius 1 is 1.36 bits per heavy atom. The first-order valence-corrected chi connectivity index (χ1v) is 4.14. The average molecular weight is 184 g/mol. The third-order valence-electron chi connectivity index (χ3n) is 2.21. The number of hydrogen-bond acceptors (Lipinski definition) is 4. The van der Waals surface area contributed by atoms with Crippen molar-refractivity contribution in [3.05, 3.63) is 29.6 Å². The maximum absolute atomic E-state index is 8.84. The van der Waals surface area contributed by atoms with E-state index in [1.165, 1.54) is 6.33 Å². The van der Waals surface area contributed by atoms with E-state index in [2.05, 4.69) is 16.0 Å². The van der Waals surface area contributed by atoms with Crippen LogP contribution in [0.2, 0.25) is 0 Å². The molecule has 4 heteroatoms. The maximum atomic E-state index is 8.84. The number of hydrogen-bond donors (Lipinski definition) is 1. The molecule has 0 saturated heterocycles. The Kier molecular flexibility index (Phi) is 1.79. The zero-order chi connectivity index (χ0) is 10.1. The van der Waals surface area contributed by atoms with Gasteiger partial charge in [0.1, 0.15) is 12.1 Å². The van der Waals surface area contributed by atoms with Gasteiger partial charge in [0.05, 0.1) is 17.1 Å². The largest absolute Gasteiger partial charge is 0.383 e. The van der Waals surface area contributed by atoms with Crippen LogP contribution in [0.3, 0.4) is 0 Å². The Morgan fingerprint density at radius 3 is 2.86 bits per heavy atom. The molecule has 2 aromatic rings. The quantitative estimate of drug-likeness (QED) is 0.671. The van der Waals surface area contributed by atoms with Gasteiger partial charge in [-0.2, -0.15) is 5.26 Å². The summed E-state index contributed by atoms with van der Waals surface area (Å²) in [6.45, 7) is 1.85. The second-order valence-corrected chi connectivity index (χ2v) is 3.00.